The first kappa shape index (κ1) is 15.0. The molecule has 1 aromatic carbocycles. The third kappa shape index (κ3) is 2.57. The van der Waals surface area contributed by atoms with Gasteiger partial charge in [-0.1, -0.05) is 25.1 Å². The average molecular weight is 276 g/mol. The Bertz CT molecular complexity index is 574. The Morgan fingerprint density at radius 1 is 1.45 bits per heavy atom. The highest BCUT2D eigenvalue weighted by Crippen LogP contribution is 2.25. The average Bonchev–Trinajstić information content (AvgIpc) is 2.81. The number of rotatable bonds is 6. The van der Waals surface area contributed by atoms with E-state index in [1.807, 2.05) is 23.9 Å². The minimum atomic E-state index is -0.312. The standard InChI is InChI=1S/C15H24N4O/c1-5-15(2,20-4)14(17-16)10-12-11-8-6-7-9-13(11)19(3)18-12/h6-9,14,17H,5,10,16H2,1-4H3. The maximum absolute atomic E-state index is 5.74. The number of nitrogens with zero attached hydrogens (tertiary/aromatic N) is 2. The lowest BCUT2D eigenvalue weighted by molar-refractivity contribution is -0.0290. The number of para-hydroxylation sites is 1. The molecule has 0 aliphatic carbocycles. The molecule has 0 saturated heterocycles. The lowest BCUT2D eigenvalue weighted by Gasteiger charge is -2.35. The fourth-order valence-electron chi connectivity index (χ4n) is 2.62. The molecule has 0 fully saturated rings. The molecule has 1 heterocycles. The van der Waals surface area contributed by atoms with Crippen LogP contribution in [0.4, 0.5) is 0 Å². The van der Waals surface area contributed by atoms with E-state index in [0.717, 1.165) is 24.1 Å². The molecule has 1 aromatic heterocycles. The first-order valence-corrected chi connectivity index (χ1v) is 6.97. The summed E-state index contributed by atoms with van der Waals surface area (Å²) in [6, 6.07) is 8.25. The molecule has 0 aliphatic rings. The molecule has 0 radical (unpaired) electrons. The number of aryl methyl sites for hydroxylation is 1. The van der Waals surface area contributed by atoms with Gasteiger partial charge in [0.05, 0.1) is 22.9 Å². The van der Waals surface area contributed by atoms with Crippen molar-refractivity contribution in [3.63, 3.8) is 0 Å². The van der Waals surface area contributed by atoms with Crippen LogP contribution in [0.2, 0.25) is 0 Å². The molecule has 3 N–H and O–H groups in total. The van der Waals surface area contributed by atoms with Gasteiger partial charge in [0.1, 0.15) is 0 Å². The summed E-state index contributed by atoms with van der Waals surface area (Å²) in [4.78, 5) is 0. The molecule has 2 rings (SSSR count). The number of benzene rings is 1. The van der Waals surface area contributed by atoms with Gasteiger partial charge >= 0.3 is 0 Å². The number of hydrogen-bond donors (Lipinski definition) is 2. The lowest BCUT2D eigenvalue weighted by atomic mass is 9.89. The van der Waals surface area contributed by atoms with Crippen molar-refractivity contribution < 1.29 is 4.74 Å². The zero-order valence-corrected chi connectivity index (χ0v) is 12.7. The molecular weight excluding hydrogens is 252 g/mol. The van der Waals surface area contributed by atoms with Crippen LogP contribution in [0.5, 0.6) is 0 Å². The molecule has 2 aromatic rings. The van der Waals surface area contributed by atoms with Crippen LogP contribution in [0.3, 0.4) is 0 Å². The Hall–Kier alpha value is -1.43. The molecule has 110 valence electrons. The number of fused-ring (bicyclic) bond motifs is 1. The Balaban J connectivity index is 2.35. The van der Waals surface area contributed by atoms with Crippen molar-refractivity contribution in [3.8, 4) is 0 Å². The van der Waals surface area contributed by atoms with E-state index in [1.165, 1.54) is 5.39 Å². The smallest absolute Gasteiger partial charge is 0.0817 e. The molecule has 0 aliphatic heterocycles. The van der Waals surface area contributed by atoms with Crippen LogP contribution in [0.1, 0.15) is 26.0 Å². The molecule has 0 saturated carbocycles. The van der Waals surface area contributed by atoms with Crippen molar-refractivity contribution >= 4 is 10.9 Å². The van der Waals surface area contributed by atoms with Crippen LogP contribution in [0.25, 0.3) is 10.9 Å². The largest absolute Gasteiger partial charge is 0.377 e. The Kier molecular flexibility index (Phi) is 4.42. The number of aromatic nitrogens is 2. The van der Waals surface area contributed by atoms with Crippen molar-refractivity contribution in [1.29, 1.82) is 0 Å². The van der Waals surface area contributed by atoms with Crippen molar-refractivity contribution in [1.82, 2.24) is 15.2 Å². The van der Waals surface area contributed by atoms with E-state index in [1.54, 1.807) is 7.11 Å². The van der Waals surface area contributed by atoms with Crippen LogP contribution in [-0.4, -0.2) is 28.5 Å². The number of methoxy groups -OCH3 is 1. The second kappa shape index (κ2) is 5.91. The van der Waals surface area contributed by atoms with Crippen molar-refractivity contribution in [3.05, 3.63) is 30.0 Å². The van der Waals surface area contributed by atoms with E-state index in [-0.39, 0.29) is 11.6 Å². The van der Waals surface area contributed by atoms with Gasteiger partial charge in [-0.25, -0.2) is 0 Å². The number of ether oxygens (including phenoxy) is 1. The van der Waals surface area contributed by atoms with E-state index in [2.05, 4.69) is 36.5 Å². The predicted octanol–water partition coefficient (Wildman–Crippen LogP) is 1.76. The fraction of sp³-hybridized carbons (Fsp3) is 0.533. The van der Waals surface area contributed by atoms with E-state index >= 15 is 0 Å². The zero-order chi connectivity index (χ0) is 14.8. The Morgan fingerprint density at radius 3 is 2.75 bits per heavy atom. The topological polar surface area (TPSA) is 65.1 Å². The van der Waals surface area contributed by atoms with Crippen molar-refractivity contribution in [2.75, 3.05) is 7.11 Å². The van der Waals surface area contributed by atoms with Gasteiger partial charge in [0.2, 0.25) is 0 Å². The van der Waals surface area contributed by atoms with Crippen LogP contribution >= 0.6 is 0 Å². The molecule has 0 amide bonds. The van der Waals surface area contributed by atoms with E-state index in [4.69, 9.17) is 10.6 Å². The second-order valence-corrected chi connectivity index (χ2v) is 5.38. The minimum Gasteiger partial charge on any atom is -0.377 e. The molecule has 2 unspecified atom stereocenters. The third-order valence-corrected chi connectivity index (χ3v) is 4.34. The van der Waals surface area contributed by atoms with E-state index in [0.29, 0.717) is 0 Å². The van der Waals surface area contributed by atoms with Crippen LogP contribution in [0, 0.1) is 0 Å². The Labute approximate surface area is 120 Å². The zero-order valence-electron chi connectivity index (χ0n) is 12.7. The molecule has 5 nitrogen and oxygen atoms in total. The second-order valence-electron chi connectivity index (χ2n) is 5.38. The summed E-state index contributed by atoms with van der Waals surface area (Å²) < 4.78 is 7.57. The molecule has 20 heavy (non-hydrogen) atoms. The van der Waals surface area contributed by atoms with Crippen LogP contribution < -0.4 is 11.3 Å². The number of hydrazine groups is 1. The summed E-state index contributed by atoms with van der Waals surface area (Å²) in [5.41, 5.74) is 4.76. The van der Waals surface area contributed by atoms with Gasteiger partial charge in [-0.15, -0.1) is 0 Å². The van der Waals surface area contributed by atoms with E-state index < -0.39 is 0 Å². The van der Waals surface area contributed by atoms with Crippen LogP contribution in [0.15, 0.2) is 24.3 Å². The first-order chi connectivity index (χ1) is 9.55. The normalized spacial score (nSPS) is 16.2. The number of hydrogen-bond acceptors (Lipinski definition) is 4. The molecule has 5 heteroatoms. The lowest BCUT2D eigenvalue weighted by Crippen LogP contribution is -2.53. The van der Waals surface area contributed by atoms with Gasteiger partial charge in [-0.05, 0) is 19.4 Å². The summed E-state index contributed by atoms with van der Waals surface area (Å²) in [5.74, 6) is 5.74. The molecule has 2 atom stereocenters. The predicted molar refractivity (Wildman–Crippen MR) is 81.2 cm³/mol. The van der Waals surface area contributed by atoms with Gasteiger partial charge in [0.15, 0.2) is 0 Å². The van der Waals surface area contributed by atoms with Crippen molar-refractivity contribution in [2.24, 2.45) is 12.9 Å². The van der Waals surface area contributed by atoms with E-state index in [9.17, 15) is 0 Å². The summed E-state index contributed by atoms with van der Waals surface area (Å²) >= 11 is 0. The molecule has 0 bridgehead atoms. The maximum Gasteiger partial charge on any atom is 0.0817 e. The maximum atomic E-state index is 5.74. The van der Waals surface area contributed by atoms with Gasteiger partial charge < -0.3 is 4.74 Å². The monoisotopic (exact) mass is 276 g/mol. The molecular formula is C15H24N4O. The highest BCUT2D eigenvalue weighted by atomic mass is 16.5. The fourth-order valence-corrected chi connectivity index (χ4v) is 2.62. The van der Waals surface area contributed by atoms with Gasteiger partial charge in [-0.2, -0.15) is 5.10 Å². The SMILES string of the molecule is CCC(C)(OC)C(Cc1nn(C)c2ccccc12)NN. The summed E-state index contributed by atoms with van der Waals surface area (Å²) in [6.45, 7) is 4.17. The molecule has 0 spiro atoms. The van der Waals surface area contributed by atoms with Crippen molar-refractivity contribution in [2.45, 2.75) is 38.3 Å². The Morgan fingerprint density at radius 2 is 2.15 bits per heavy atom. The number of nitrogens with one attached hydrogen (secondary N) is 1. The third-order valence-electron chi connectivity index (χ3n) is 4.34. The number of nitrogens with two attached hydrogens (primary N) is 1. The summed E-state index contributed by atoms with van der Waals surface area (Å²) in [5, 5.41) is 5.80. The highest BCUT2D eigenvalue weighted by Gasteiger charge is 2.33. The highest BCUT2D eigenvalue weighted by molar-refractivity contribution is 5.81. The van der Waals surface area contributed by atoms with Gasteiger partial charge in [-0.3, -0.25) is 16.0 Å². The minimum absolute atomic E-state index is 0.0100. The quantitative estimate of drug-likeness (QED) is 0.623. The van der Waals surface area contributed by atoms with Gasteiger partial charge in [0.25, 0.3) is 0 Å². The van der Waals surface area contributed by atoms with Gasteiger partial charge in [0, 0.05) is 26.0 Å². The first-order valence-electron chi connectivity index (χ1n) is 6.97. The summed E-state index contributed by atoms with van der Waals surface area (Å²) in [6.07, 6.45) is 1.61. The van der Waals surface area contributed by atoms with Crippen LogP contribution in [-0.2, 0) is 18.2 Å². The summed E-state index contributed by atoms with van der Waals surface area (Å²) in [7, 11) is 3.69.